The van der Waals surface area contributed by atoms with Crippen molar-refractivity contribution in [2.24, 2.45) is 10.8 Å². The molecular formula is C14H9F6N3OS. The van der Waals surface area contributed by atoms with Crippen molar-refractivity contribution < 1.29 is 31.1 Å². The van der Waals surface area contributed by atoms with E-state index in [1.165, 1.54) is 12.1 Å². The monoisotopic (exact) mass is 381 g/mol. The van der Waals surface area contributed by atoms with Gasteiger partial charge >= 0.3 is 18.4 Å². The molecule has 25 heavy (non-hydrogen) atoms. The lowest BCUT2D eigenvalue weighted by molar-refractivity contribution is -0.143. The molecule has 0 atom stereocenters. The number of alkyl halides is 6. The van der Waals surface area contributed by atoms with Gasteiger partial charge in [0.1, 0.15) is 0 Å². The highest BCUT2D eigenvalue weighted by molar-refractivity contribution is 7.17. The third-order valence-corrected chi connectivity index (χ3v) is 3.93. The van der Waals surface area contributed by atoms with E-state index in [1.54, 1.807) is 0 Å². The Kier molecular flexibility index (Phi) is 5.07. The second-order valence-electron chi connectivity index (χ2n) is 4.73. The van der Waals surface area contributed by atoms with Crippen molar-refractivity contribution in [1.82, 2.24) is 5.43 Å². The van der Waals surface area contributed by atoms with Gasteiger partial charge in [0.25, 0.3) is 0 Å². The maximum atomic E-state index is 12.9. The van der Waals surface area contributed by atoms with Gasteiger partial charge in [-0.25, -0.2) is 10.2 Å². The van der Waals surface area contributed by atoms with E-state index in [0.29, 0.717) is 17.0 Å². The molecular weight excluding hydrogens is 372 g/mol. The van der Waals surface area contributed by atoms with Crippen LogP contribution in [0.2, 0.25) is 0 Å². The molecule has 4 nitrogen and oxygen atoms in total. The van der Waals surface area contributed by atoms with Gasteiger partial charge < -0.3 is 5.73 Å². The predicted molar refractivity (Wildman–Crippen MR) is 80.1 cm³/mol. The van der Waals surface area contributed by atoms with Gasteiger partial charge in [0, 0.05) is 9.75 Å². The van der Waals surface area contributed by atoms with Crippen molar-refractivity contribution >= 4 is 23.6 Å². The number of hydrogen-bond donors (Lipinski definition) is 2. The quantitative estimate of drug-likeness (QED) is 0.460. The number of nitrogens with two attached hydrogens (primary N) is 1. The van der Waals surface area contributed by atoms with Crippen LogP contribution in [0.15, 0.2) is 35.4 Å². The summed E-state index contributed by atoms with van der Waals surface area (Å²) < 4.78 is 77.2. The van der Waals surface area contributed by atoms with E-state index in [1.807, 2.05) is 5.43 Å². The number of benzene rings is 1. The minimum absolute atomic E-state index is 0.0657. The molecule has 2 aromatic rings. The third-order valence-electron chi connectivity index (χ3n) is 2.87. The number of nitrogens with one attached hydrogen (secondary N) is 1. The molecule has 1 aromatic carbocycles. The van der Waals surface area contributed by atoms with Crippen molar-refractivity contribution in [3.63, 3.8) is 0 Å². The number of carbonyl (C=O) groups excluding carboxylic acids is 1. The van der Waals surface area contributed by atoms with Gasteiger partial charge in [0.05, 0.1) is 17.3 Å². The van der Waals surface area contributed by atoms with Crippen LogP contribution in [0.1, 0.15) is 16.0 Å². The van der Waals surface area contributed by atoms with E-state index in [0.717, 1.165) is 17.6 Å². The molecule has 2 amide bonds. The first-order valence-electron chi connectivity index (χ1n) is 6.45. The summed E-state index contributed by atoms with van der Waals surface area (Å²) in [5.74, 6) is 0. The van der Waals surface area contributed by atoms with Crippen molar-refractivity contribution in [2.45, 2.75) is 12.4 Å². The Balaban J connectivity index is 2.43. The number of amides is 2. The van der Waals surface area contributed by atoms with E-state index >= 15 is 0 Å². The average Bonchev–Trinajstić information content (AvgIpc) is 2.93. The molecule has 1 heterocycles. The second kappa shape index (κ2) is 6.75. The highest BCUT2D eigenvalue weighted by atomic mass is 32.1. The molecule has 0 aliphatic rings. The van der Waals surface area contributed by atoms with Gasteiger partial charge in [-0.1, -0.05) is 0 Å². The number of halogens is 6. The van der Waals surface area contributed by atoms with Gasteiger partial charge in [0.15, 0.2) is 0 Å². The Morgan fingerprint density at radius 2 is 1.60 bits per heavy atom. The van der Waals surface area contributed by atoms with Crippen molar-refractivity contribution in [2.75, 3.05) is 0 Å². The van der Waals surface area contributed by atoms with Gasteiger partial charge in [-0.15, -0.1) is 11.3 Å². The van der Waals surface area contributed by atoms with Crippen LogP contribution in [0.25, 0.3) is 10.4 Å². The third kappa shape index (κ3) is 4.95. The number of hydrogen-bond acceptors (Lipinski definition) is 3. The number of carbonyl (C=O) groups is 1. The standard InChI is InChI=1S/C14H9F6N3OS/c15-13(16,17)8-3-7(4-9(5-8)14(18,19)20)11-2-1-10(25-11)6-22-23-12(21)24/h1-6H,(H3,21,23,24). The maximum Gasteiger partial charge on any atom is 0.416 e. The Hall–Kier alpha value is -2.56. The van der Waals surface area contributed by atoms with E-state index in [9.17, 15) is 31.1 Å². The largest absolute Gasteiger partial charge is 0.416 e. The lowest BCUT2D eigenvalue weighted by atomic mass is 10.0. The van der Waals surface area contributed by atoms with Crippen LogP contribution < -0.4 is 11.2 Å². The lowest BCUT2D eigenvalue weighted by Crippen LogP contribution is -2.24. The number of nitrogens with zero attached hydrogens (tertiary/aromatic N) is 1. The summed E-state index contributed by atoms with van der Waals surface area (Å²) in [6.07, 6.45) is -8.66. The van der Waals surface area contributed by atoms with Crippen LogP contribution in [0.3, 0.4) is 0 Å². The van der Waals surface area contributed by atoms with Crippen molar-refractivity contribution in [3.05, 3.63) is 46.3 Å². The van der Waals surface area contributed by atoms with E-state index in [-0.39, 0.29) is 16.5 Å². The Morgan fingerprint density at radius 1 is 1.04 bits per heavy atom. The zero-order valence-electron chi connectivity index (χ0n) is 12.1. The van der Waals surface area contributed by atoms with Crippen LogP contribution in [-0.4, -0.2) is 12.2 Å². The number of thiophene rings is 1. The number of rotatable bonds is 3. The molecule has 0 unspecified atom stereocenters. The molecule has 0 aliphatic carbocycles. The van der Waals surface area contributed by atoms with Crippen LogP contribution in [0.5, 0.6) is 0 Å². The zero-order valence-corrected chi connectivity index (χ0v) is 12.9. The summed E-state index contributed by atoms with van der Waals surface area (Å²) in [5.41, 5.74) is 3.70. The zero-order chi connectivity index (χ0) is 18.8. The molecule has 2 rings (SSSR count). The fourth-order valence-electron chi connectivity index (χ4n) is 1.83. The van der Waals surface area contributed by atoms with E-state index < -0.39 is 29.5 Å². The Morgan fingerprint density at radius 3 is 2.08 bits per heavy atom. The molecule has 0 spiro atoms. The number of hydrazone groups is 1. The topological polar surface area (TPSA) is 67.5 Å². The summed E-state index contributed by atoms with van der Waals surface area (Å²) in [4.78, 5) is 11.0. The molecule has 0 bridgehead atoms. The molecule has 134 valence electrons. The fourth-order valence-corrected chi connectivity index (χ4v) is 2.70. The average molecular weight is 381 g/mol. The highest BCUT2D eigenvalue weighted by Crippen LogP contribution is 2.39. The number of primary amides is 1. The minimum atomic E-state index is -4.91. The molecule has 0 saturated carbocycles. The summed E-state index contributed by atoms with van der Waals surface area (Å²) in [7, 11) is 0. The van der Waals surface area contributed by atoms with Gasteiger partial charge in [-0.2, -0.15) is 31.4 Å². The normalized spacial score (nSPS) is 12.6. The van der Waals surface area contributed by atoms with Crippen LogP contribution >= 0.6 is 11.3 Å². The first-order valence-corrected chi connectivity index (χ1v) is 7.26. The first-order chi connectivity index (χ1) is 11.5. The molecule has 3 N–H and O–H groups in total. The predicted octanol–water partition coefficient (Wildman–Crippen LogP) is 4.45. The molecule has 1 aromatic heterocycles. The van der Waals surface area contributed by atoms with E-state index in [4.69, 9.17) is 5.73 Å². The Bertz CT molecular complexity index is 777. The summed E-state index contributed by atoms with van der Waals surface area (Å²) in [5, 5.41) is 3.46. The fraction of sp³-hybridized carbons (Fsp3) is 0.143. The number of urea groups is 1. The second-order valence-corrected chi connectivity index (χ2v) is 5.85. The van der Waals surface area contributed by atoms with Gasteiger partial charge in [-0.05, 0) is 35.9 Å². The lowest BCUT2D eigenvalue weighted by Gasteiger charge is -2.13. The van der Waals surface area contributed by atoms with E-state index in [2.05, 4.69) is 5.10 Å². The maximum absolute atomic E-state index is 12.9. The minimum Gasteiger partial charge on any atom is -0.350 e. The van der Waals surface area contributed by atoms with Crippen molar-refractivity contribution in [3.8, 4) is 10.4 Å². The van der Waals surface area contributed by atoms with Crippen LogP contribution in [0, 0.1) is 0 Å². The highest BCUT2D eigenvalue weighted by Gasteiger charge is 2.37. The Labute approximate surface area is 140 Å². The first kappa shape index (κ1) is 18.8. The summed E-state index contributed by atoms with van der Waals surface area (Å²) in [6, 6.07) is 3.22. The summed E-state index contributed by atoms with van der Waals surface area (Å²) >= 11 is 0.900. The van der Waals surface area contributed by atoms with Gasteiger partial charge in [-0.3, -0.25) is 0 Å². The SMILES string of the molecule is NC(=O)NN=Cc1ccc(-c2cc(C(F)(F)F)cc(C(F)(F)F)c2)s1. The molecule has 0 radical (unpaired) electrons. The van der Waals surface area contributed by atoms with Crippen LogP contribution in [0.4, 0.5) is 31.1 Å². The molecule has 0 fully saturated rings. The van der Waals surface area contributed by atoms with Gasteiger partial charge in [0.2, 0.25) is 0 Å². The summed E-state index contributed by atoms with van der Waals surface area (Å²) in [6.45, 7) is 0. The van der Waals surface area contributed by atoms with Crippen LogP contribution in [-0.2, 0) is 12.4 Å². The molecule has 11 heteroatoms. The molecule has 0 aliphatic heterocycles. The smallest absolute Gasteiger partial charge is 0.350 e. The van der Waals surface area contributed by atoms with Crippen molar-refractivity contribution in [1.29, 1.82) is 0 Å². The molecule has 0 saturated heterocycles.